The third-order valence-electron chi connectivity index (χ3n) is 4.28. The van der Waals surface area contributed by atoms with Crippen LogP contribution in [0.4, 0.5) is 0 Å². The van der Waals surface area contributed by atoms with Gasteiger partial charge in [-0.1, -0.05) is 6.07 Å². The first-order valence-corrected chi connectivity index (χ1v) is 9.24. The first-order valence-electron chi connectivity index (χ1n) is 8.36. The van der Waals surface area contributed by atoms with E-state index in [1.807, 2.05) is 24.4 Å². The van der Waals surface area contributed by atoms with Gasteiger partial charge in [0.05, 0.1) is 17.2 Å². The van der Waals surface area contributed by atoms with Crippen LogP contribution >= 0.6 is 11.3 Å². The molecule has 0 bridgehead atoms. The van der Waals surface area contributed by atoms with Crippen LogP contribution < -0.4 is 5.32 Å². The van der Waals surface area contributed by atoms with E-state index >= 15 is 0 Å². The van der Waals surface area contributed by atoms with Crippen molar-refractivity contribution in [1.82, 2.24) is 10.2 Å². The number of benzene rings is 1. The predicted octanol–water partition coefficient (Wildman–Crippen LogP) is 2.87. The number of hydrogen-bond donors (Lipinski definition) is 1. The van der Waals surface area contributed by atoms with Crippen molar-refractivity contribution in [3.8, 4) is 0 Å². The van der Waals surface area contributed by atoms with Crippen LogP contribution in [0.3, 0.4) is 0 Å². The maximum Gasteiger partial charge on any atom is 0.261 e. The van der Waals surface area contributed by atoms with Gasteiger partial charge in [0.15, 0.2) is 0 Å². The molecule has 136 valence electrons. The first-order chi connectivity index (χ1) is 12.5. The number of nitrogens with one attached hydrogen (secondary N) is 1. The third-order valence-corrected chi connectivity index (χ3v) is 5.34. The average Bonchev–Trinajstić information content (AvgIpc) is 3.25. The number of carbonyl (C=O) groups is 3. The molecular weight excluding hydrogens is 352 g/mol. The van der Waals surface area contributed by atoms with Crippen LogP contribution in [0.25, 0.3) is 0 Å². The number of amides is 3. The second-order valence-electron chi connectivity index (χ2n) is 6.08. The molecule has 1 aromatic carbocycles. The van der Waals surface area contributed by atoms with Crippen LogP contribution in [0.15, 0.2) is 35.7 Å². The Bertz CT molecular complexity index is 832. The number of methoxy groups -OCH3 is 1. The lowest BCUT2D eigenvalue weighted by atomic mass is 10.0. The average molecular weight is 372 g/mol. The largest absolute Gasteiger partial charge is 0.385 e. The molecule has 2 aromatic rings. The molecule has 0 fully saturated rings. The van der Waals surface area contributed by atoms with Gasteiger partial charge in [-0.3, -0.25) is 19.3 Å². The van der Waals surface area contributed by atoms with Gasteiger partial charge in [-0.05, 0) is 43.0 Å². The molecule has 0 spiro atoms. The van der Waals surface area contributed by atoms with E-state index in [0.29, 0.717) is 30.7 Å². The summed E-state index contributed by atoms with van der Waals surface area (Å²) in [6.45, 7) is 2.68. The van der Waals surface area contributed by atoms with Gasteiger partial charge in [0, 0.05) is 30.7 Å². The van der Waals surface area contributed by atoms with Crippen molar-refractivity contribution >= 4 is 29.1 Å². The molecule has 0 aliphatic carbocycles. The highest BCUT2D eigenvalue weighted by molar-refractivity contribution is 7.10. The minimum absolute atomic E-state index is 0.126. The number of nitrogens with zero attached hydrogens (tertiary/aromatic N) is 1. The van der Waals surface area contributed by atoms with E-state index in [0.717, 1.165) is 4.88 Å². The quantitative estimate of drug-likeness (QED) is 0.599. The molecule has 6 nitrogen and oxygen atoms in total. The maximum absolute atomic E-state index is 12.5. The topological polar surface area (TPSA) is 75.7 Å². The zero-order valence-electron chi connectivity index (χ0n) is 14.7. The molecular formula is C19H20N2O4S. The molecule has 0 radical (unpaired) electrons. The fraction of sp³-hybridized carbons (Fsp3) is 0.316. The second-order valence-corrected chi connectivity index (χ2v) is 7.06. The van der Waals surface area contributed by atoms with Crippen molar-refractivity contribution in [3.05, 3.63) is 57.3 Å². The molecule has 7 heteroatoms. The van der Waals surface area contributed by atoms with Gasteiger partial charge in [-0.25, -0.2) is 0 Å². The standard InChI is InChI=1S/C19H20N2O4S/c1-12(16-5-3-10-26-16)20-17(22)13-6-7-14-15(11-13)19(24)21(18(14)23)8-4-9-25-2/h3,5-7,10-12H,4,8-9H2,1-2H3,(H,20,22)/t12-/m0/s1. The molecule has 2 heterocycles. The molecule has 1 aliphatic heterocycles. The van der Waals surface area contributed by atoms with Gasteiger partial charge in [0.25, 0.3) is 17.7 Å². The highest BCUT2D eigenvalue weighted by atomic mass is 32.1. The van der Waals surface area contributed by atoms with E-state index in [1.54, 1.807) is 30.6 Å². The van der Waals surface area contributed by atoms with Crippen LogP contribution in [-0.2, 0) is 4.74 Å². The number of thiophene rings is 1. The van der Waals surface area contributed by atoms with Crippen molar-refractivity contribution in [2.24, 2.45) is 0 Å². The minimum Gasteiger partial charge on any atom is -0.385 e. The predicted molar refractivity (Wildman–Crippen MR) is 98.5 cm³/mol. The monoisotopic (exact) mass is 372 g/mol. The Balaban J connectivity index is 1.74. The fourth-order valence-electron chi connectivity index (χ4n) is 2.89. The van der Waals surface area contributed by atoms with E-state index in [4.69, 9.17) is 4.74 Å². The molecule has 0 unspecified atom stereocenters. The van der Waals surface area contributed by atoms with Crippen molar-refractivity contribution in [1.29, 1.82) is 0 Å². The summed E-state index contributed by atoms with van der Waals surface area (Å²) in [7, 11) is 1.57. The third kappa shape index (κ3) is 3.54. The number of hydrogen-bond acceptors (Lipinski definition) is 5. The lowest BCUT2D eigenvalue weighted by Crippen LogP contribution is -2.31. The van der Waals surface area contributed by atoms with Crippen molar-refractivity contribution < 1.29 is 19.1 Å². The molecule has 3 rings (SSSR count). The van der Waals surface area contributed by atoms with E-state index < -0.39 is 0 Å². The smallest absolute Gasteiger partial charge is 0.261 e. The number of ether oxygens (including phenoxy) is 1. The highest BCUT2D eigenvalue weighted by Crippen LogP contribution is 2.25. The summed E-state index contributed by atoms with van der Waals surface area (Å²) in [5.74, 6) is -0.950. The Morgan fingerprint density at radius 3 is 2.69 bits per heavy atom. The normalized spacial score (nSPS) is 14.5. The Labute approximate surface area is 155 Å². The summed E-state index contributed by atoms with van der Waals surface area (Å²) in [5.41, 5.74) is 0.992. The summed E-state index contributed by atoms with van der Waals surface area (Å²) in [6, 6.07) is 8.40. The zero-order valence-corrected chi connectivity index (χ0v) is 15.5. The summed E-state index contributed by atoms with van der Waals surface area (Å²) < 4.78 is 4.97. The molecule has 1 aliphatic rings. The van der Waals surface area contributed by atoms with Gasteiger partial charge < -0.3 is 10.1 Å². The number of fused-ring (bicyclic) bond motifs is 1. The first kappa shape index (κ1) is 18.3. The van der Waals surface area contributed by atoms with E-state index in [2.05, 4.69) is 5.32 Å². The van der Waals surface area contributed by atoms with Crippen LogP contribution in [0, 0.1) is 0 Å². The molecule has 3 amide bonds. The molecule has 0 saturated heterocycles. The van der Waals surface area contributed by atoms with Crippen LogP contribution in [0.1, 0.15) is 55.3 Å². The van der Waals surface area contributed by atoms with Crippen LogP contribution in [-0.4, -0.2) is 42.9 Å². The Kier molecular flexibility index (Phi) is 5.49. The van der Waals surface area contributed by atoms with Crippen molar-refractivity contribution in [3.63, 3.8) is 0 Å². The van der Waals surface area contributed by atoms with Gasteiger partial charge in [0.1, 0.15) is 0 Å². The Morgan fingerprint density at radius 2 is 2.00 bits per heavy atom. The van der Waals surface area contributed by atoms with Crippen LogP contribution in [0.2, 0.25) is 0 Å². The van der Waals surface area contributed by atoms with Gasteiger partial charge in [0.2, 0.25) is 0 Å². The van der Waals surface area contributed by atoms with E-state index in [-0.39, 0.29) is 29.3 Å². The highest BCUT2D eigenvalue weighted by Gasteiger charge is 2.35. The van der Waals surface area contributed by atoms with Crippen molar-refractivity contribution in [2.75, 3.05) is 20.3 Å². The maximum atomic E-state index is 12.5. The van der Waals surface area contributed by atoms with E-state index in [1.165, 1.54) is 11.0 Å². The summed E-state index contributed by atoms with van der Waals surface area (Å²) in [6.07, 6.45) is 0.577. The zero-order chi connectivity index (χ0) is 18.7. The lowest BCUT2D eigenvalue weighted by Gasteiger charge is -2.13. The number of imide groups is 1. The summed E-state index contributed by atoms with van der Waals surface area (Å²) in [4.78, 5) is 39.7. The molecule has 26 heavy (non-hydrogen) atoms. The van der Waals surface area contributed by atoms with Crippen LogP contribution in [0.5, 0.6) is 0 Å². The molecule has 1 aromatic heterocycles. The minimum atomic E-state index is -0.359. The Morgan fingerprint density at radius 1 is 1.23 bits per heavy atom. The lowest BCUT2D eigenvalue weighted by molar-refractivity contribution is 0.0638. The van der Waals surface area contributed by atoms with Gasteiger partial charge in [-0.15, -0.1) is 11.3 Å². The molecule has 0 saturated carbocycles. The van der Waals surface area contributed by atoms with Crippen molar-refractivity contribution in [2.45, 2.75) is 19.4 Å². The summed E-state index contributed by atoms with van der Waals surface area (Å²) in [5, 5.41) is 4.87. The SMILES string of the molecule is COCCCN1C(=O)c2ccc(C(=O)N[C@@H](C)c3cccs3)cc2C1=O. The fourth-order valence-corrected chi connectivity index (χ4v) is 3.63. The second kappa shape index (κ2) is 7.80. The number of carbonyl (C=O) groups excluding carboxylic acids is 3. The molecule has 1 N–H and O–H groups in total. The summed E-state index contributed by atoms with van der Waals surface area (Å²) >= 11 is 1.57. The van der Waals surface area contributed by atoms with Gasteiger partial charge in [-0.2, -0.15) is 0 Å². The Hall–Kier alpha value is -2.51. The van der Waals surface area contributed by atoms with E-state index in [9.17, 15) is 14.4 Å². The van der Waals surface area contributed by atoms with Gasteiger partial charge >= 0.3 is 0 Å². The molecule has 1 atom stereocenters. The number of rotatable bonds is 7.